The summed E-state index contributed by atoms with van der Waals surface area (Å²) in [6.07, 6.45) is 2.07. The van der Waals surface area contributed by atoms with E-state index in [0.717, 1.165) is 0 Å². The molecule has 0 saturated carbocycles. The maximum atomic E-state index is 12.7. The Hall–Kier alpha value is -2.34. The predicted octanol–water partition coefficient (Wildman–Crippen LogP) is -1.84. The summed E-state index contributed by atoms with van der Waals surface area (Å²) >= 11 is 1.54. The van der Waals surface area contributed by atoms with Crippen LogP contribution in [0.2, 0.25) is 0 Å². The van der Waals surface area contributed by atoms with Crippen molar-refractivity contribution in [1.82, 2.24) is 16.0 Å². The molecule has 0 rings (SSSR count). The molecule has 4 amide bonds. The second-order valence-corrected chi connectivity index (χ2v) is 7.91. The third-order valence-electron chi connectivity index (χ3n) is 3.76. The van der Waals surface area contributed by atoms with E-state index < -0.39 is 60.7 Å². The SMILES string of the molecule is CSCCC(N)C(=O)NC(CC(C)C)C(=O)NC(CC(N)=O)C(=O)NCC(=O)O. The highest BCUT2D eigenvalue weighted by molar-refractivity contribution is 7.98. The monoisotopic (exact) mass is 433 g/mol. The number of carbonyl (C=O) groups is 5. The number of rotatable bonds is 14. The molecular weight excluding hydrogens is 402 g/mol. The van der Waals surface area contributed by atoms with Crippen LogP contribution in [-0.4, -0.2) is 71.4 Å². The Kier molecular flexibility index (Phi) is 12.7. The van der Waals surface area contributed by atoms with Gasteiger partial charge in [0.15, 0.2) is 0 Å². The molecule has 8 N–H and O–H groups in total. The first-order chi connectivity index (χ1) is 13.5. The lowest BCUT2D eigenvalue weighted by Gasteiger charge is -2.24. The lowest BCUT2D eigenvalue weighted by molar-refractivity contribution is -0.138. The molecule has 0 radical (unpaired) electrons. The lowest BCUT2D eigenvalue weighted by Crippen LogP contribution is -2.57. The van der Waals surface area contributed by atoms with Gasteiger partial charge in [0.2, 0.25) is 23.6 Å². The van der Waals surface area contributed by atoms with Gasteiger partial charge in [0.1, 0.15) is 18.6 Å². The topological polar surface area (TPSA) is 194 Å². The van der Waals surface area contributed by atoms with Gasteiger partial charge in [-0.3, -0.25) is 24.0 Å². The largest absolute Gasteiger partial charge is 0.480 e. The number of aliphatic carboxylic acids is 1. The second-order valence-electron chi connectivity index (χ2n) is 6.92. The molecule has 12 heteroatoms. The van der Waals surface area contributed by atoms with Crippen LogP contribution >= 0.6 is 11.8 Å². The van der Waals surface area contributed by atoms with Crippen LogP contribution < -0.4 is 27.4 Å². The van der Waals surface area contributed by atoms with E-state index in [2.05, 4.69) is 16.0 Å². The summed E-state index contributed by atoms with van der Waals surface area (Å²) in [5.41, 5.74) is 10.9. The van der Waals surface area contributed by atoms with Gasteiger partial charge in [0.25, 0.3) is 0 Å². The molecule has 0 aliphatic rings. The third kappa shape index (κ3) is 12.0. The minimum absolute atomic E-state index is 0.0314. The summed E-state index contributed by atoms with van der Waals surface area (Å²) in [5, 5.41) is 15.7. The van der Waals surface area contributed by atoms with E-state index in [0.29, 0.717) is 12.2 Å². The lowest BCUT2D eigenvalue weighted by atomic mass is 10.0. The number of carbonyl (C=O) groups excluding carboxylic acids is 4. The number of carboxylic acid groups (broad SMARTS) is 1. The molecule has 0 spiro atoms. The molecule has 29 heavy (non-hydrogen) atoms. The van der Waals surface area contributed by atoms with Crippen molar-refractivity contribution in [2.24, 2.45) is 17.4 Å². The summed E-state index contributed by atoms with van der Waals surface area (Å²) in [7, 11) is 0. The number of nitrogens with two attached hydrogens (primary N) is 2. The van der Waals surface area contributed by atoms with Gasteiger partial charge >= 0.3 is 5.97 Å². The molecule has 11 nitrogen and oxygen atoms in total. The van der Waals surface area contributed by atoms with Gasteiger partial charge in [-0.1, -0.05) is 13.8 Å². The number of carboxylic acids is 1. The highest BCUT2D eigenvalue weighted by atomic mass is 32.2. The van der Waals surface area contributed by atoms with E-state index in [1.165, 1.54) is 11.8 Å². The van der Waals surface area contributed by atoms with E-state index >= 15 is 0 Å². The van der Waals surface area contributed by atoms with Crippen molar-refractivity contribution in [3.63, 3.8) is 0 Å². The molecule has 3 unspecified atom stereocenters. The van der Waals surface area contributed by atoms with Crippen molar-refractivity contribution in [2.45, 2.75) is 51.2 Å². The summed E-state index contributed by atoms with van der Waals surface area (Å²) in [6.45, 7) is 3.02. The number of amides is 4. The second kappa shape index (κ2) is 13.8. The first-order valence-electron chi connectivity index (χ1n) is 9.10. The van der Waals surface area contributed by atoms with E-state index in [4.69, 9.17) is 16.6 Å². The number of hydrogen-bond donors (Lipinski definition) is 6. The van der Waals surface area contributed by atoms with E-state index in [1.54, 1.807) is 0 Å². The number of primary amides is 1. The summed E-state index contributed by atoms with van der Waals surface area (Å²) in [4.78, 5) is 58.9. The van der Waals surface area contributed by atoms with Crippen LogP contribution in [0.5, 0.6) is 0 Å². The molecule has 0 fully saturated rings. The van der Waals surface area contributed by atoms with Gasteiger partial charge in [0, 0.05) is 0 Å². The quantitative estimate of drug-likeness (QED) is 0.184. The van der Waals surface area contributed by atoms with Crippen molar-refractivity contribution in [1.29, 1.82) is 0 Å². The molecule has 0 bridgehead atoms. The first kappa shape index (κ1) is 26.7. The fourth-order valence-electron chi connectivity index (χ4n) is 2.33. The Morgan fingerprint density at radius 2 is 1.59 bits per heavy atom. The molecule has 3 atom stereocenters. The zero-order valence-electron chi connectivity index (χ0n) is 16.9. The van der Waals surface area contributed by atoms with Crippen LogP contribution in [0.3, 0.4) is 0 Å². The summed E-state index contributed by atoms with van der Waals surface area (Å²) in [6, 6.07) is -3.13. The molecule has 0 aromatic carbocycles. The average molecular weight is 434 g/mol. The van der Waals surface area contributed by atoms with E-state index in [9.17, 15) is 24.0 Å². The molecular formula is C17H31N5O6S. The Morgan fingerprint density at radius 3 is 2.07 bits per heavy atom. The van der Waals surface area contributed by atoms with Gasteiger partial charge in [-0.05, 0) is 30.8 Å². The van der Waals surface area contributed by atoms with Crippen LogP contribution in [-0.2, 0) is 24.0 Å². The number of hydrogen-bond acceptors (Lipinski definition) is 7. The Morgan fingerprint density at radius 1 is 1.00 bits per heavy atom. The number of nitrogens with one attached hydrogen (secondary N) is 3. The van der Waals surface area contributed by atoms with Crippen molar-refractivity contribution in [3.05, 3.63) is 0 Å². The van der Waals surface area contributed by atoms with Crippen LogP contribution in [0.4, 0.5) is 0 Å². The van der Waals surface area contributed by atoms with Gasteiger partial charge < -0.3 is 32.5 Å². The van der Waals surface area contributed by atoms with E-state index in [1.807, 2.05) is 20.1 Å². The Labute approximate surface area is 174 Å². The van der Waals surface area contributed by atoms with Crippen LogP contribution in [0.25, 0.3) is 0 Å². The summed E-state index contributed by atoms with van der Waals surface area (Å²) < 4.78 is 0. The predicted molar refractivity (Wildman–Crippen MR) is 109 cm³/mol. The van der Waals surface area contributed by atoms with Crippen LogP contribution in [0.15, 0.2) is 0 Å². The minimum Gasteiger partial charge on any atom is -0.480 e. The van der Waals surface area contributed by atoms with Gasteiger partial charge in [-0.25, -0.2) is 0 Å². The standard InChI is InChI=1S/C17H31N5O6S/c1-9(2)6-11(21-15(26)10(18)4-5-29-3)17(28)22-12(7-13(19)23)16(27)20-8-14(24)25/h9-12H,4-8,18H2,1-3H3,(H2,19,23)(H,20,27)(H,21,26)(H,22,28)(H,24,25). The Balaban J connectivity index is 5.21. The molecule has 0 aromatic heterocycles. The normalized spacial score (nSPS) is 13.8. The Bertz CT molecular complexity index is 601. The van der Waals surface area contributed by atoms with E-state index in [-0.39, 0.29) is 12.3 Å². The van der Waals surface area contributed by atoms with Crippen molar-refractivity contribution in [2.75, 3.05) is 18.6 Å². The van der Waals surface area contributed by atoms with Crippen LogP contribution in [0, 0.1) is 5.92 Å². The van der Waals surface area contributed by atoms with Gasteiger partial charge in [-0.2, -0.15) is 11.8 Å². The zero-order chi connectivity index (χ0) is 22.6. The third-order valence-corrected chi connectivity index (χ3v) is 4.41. The average Bonchev–Trinajstić information content (AvgIpc) is 2.61. The molecule has 0 saturated heterocycles. The molecule has 0 heterocycles. The smallest absolute Gasteiger partial charge is 0.322 e. The van der Waals surface area contributed by atoms with Crippen molar-refractivity contribution < 1.29 is 29.1 Å². The minimum atomic E-state index is -1.36. The van der Waals surface area contributed by atoms with Gasteiger partial charge in [-0.15, -0.1) is 0 Å². The van der Waals surface area contributed by atoms with Crippen LogP contribution in [0.1, 0.15) is 33.1 Å². The van der Waals surface area contributed by atoms with Gasteiger partial charge in [0.05, 0.1) is 12.5 Å². The van der Waals surface area contributed by atoms with Crippen molar-refractivity contribution >= 4 is 41.4 Å². The highest BCUT2D eigenvalue weighted by Gasteiger charge is 2.29. The first-order valence-corrected chi connectivity index (χ1v) is 10.5. The maximum Gasteiger partial charge on any atom is 0.322 e. The molecule has 0 aliphatic heterocycles. The fourth-order valence-corrected chi connectivity index (χ4v) is 2.82. The fraction of sp³-hybridized carbons (Fsp3) is 0.706. The summed E-state index contributed by atoms with van der Waals surface area (Å²) in [5.74, 6) is -3.49. The zero-order valence-corrected chi connectivity index (χ0v) is 17.7. The number of thioether (sulfide) groups is 1. The van der Waals surface area contributed by atoms with Crippen molar-refractivity contribution in [3.8, 4) is 0 Å². The molecule has 0 aliphatic carbocycles. The molecule has 166 valence electrons. The molecule has 0 aromatic rings. The highest BCUT2D eigenvalue weighted by Crippen LogP contribution is 2.07. The maximum absolute atomic E-state index is 12.7.